The largest absolute Gasteiger partial charge is 0.486 e. The zero-order valence-electron chi connectivity index (χ0n) is 17.2. The smallest absolute Gasteiger partial charge is 0.244 e. The minimum atomic E-state index is -0.164. The minimum absolute atomic E-state index is 0.115. The van der Waals surface area contributed by atoms with Crippen molar-refractivity contribution in [3.05, 3.63) is 102 Å². The molecule has 0 bridgehead atoms. The number of carbonyl (C=O) groups excluding carboxylic acids is 1. The normalized spacial score (nSPS) is 11.0. The molecule has 0 aliphatic rings. The van der Waals surface area contributed by atoms with Crippen molar-refractivity contribution < 1.29 is 9.53 Å². The number of aromatic nitrogens is 2. The first kappa shape index (κ1) is 20.1. The molecule has 1 aromatic heterocycles. The number of ether oxygens (including phenoxy) is 1. The van der Waals surface area contributed by atoms with Gasteiger partial charge in [0.1, 0.15) is 24.7 Å². The molecule has 0 aliphatic carbocycles. The number of benzene rings is 4. The van der Waals surface area contributed by atoms with Crippen molar-refractivity contribution in [1.82, 2.24) is 9.55 Å². The molecule has 6 heteroatoms. The molecule has 5 nitrogen and oxygen atoms in total. The van der Waals surface area contributed by atoms with E-state index >= 15 is 0 Å². The lowest BCUT2D eigenvalue weighted by Gasteiger charge is -2.12. The van der Waals surface area contributed by atoms with Crippen LogP contribution in [0.2, 0.25) is 5.02 Å². The number of imidazole rings is 1. The Labute approximate surface area is 190 Å². The fraction of sp³-hybridized carbons (Fsp3) is 0.0769. The van der Waals surface area contributed by atoms with Crippen molar-refractivity contribution in [2.45, 2.75) is 13.2 Å². The molecule has 0 saturated heterocycles. The van der Waals surface area contributed by atoms with Crippen LogP contribution in [0.1, 0.15) is 5.82 Å². The SMILES string of the molecule is O=C(Cn1c(COc2ccc3ccccc3c2)nc2ccccc21)Nc1cccc(Cl)c1. The fourth-order valence-electron chi connectivity index (χ4n) is 3.73. The van der Waals surface area contributed by atoms with Crippen molar-refractivity contribution in [3.8, 4) is 5.75 Å². The van der Waals surface area contributed by atoms with E-state index in [1.165, 1.54) is 0 Å². The number of halogens is 1. The van der Waals surface area contributed by atoms with Crippen LogP contribution in [0.3, 0.4) is 0 Å². The third-order valence-corrected chi connectivity index (χ3v) is 5.47. The molecule has 0 spiro atoms. The highest BCUT2D eigenvalue weighted by Crippen LogP contribution is 2.23. The Hall–Kier alpha value is -3.83. The predicted molar refractivity (Wildman–Crippen MR) is 128 cm³/mol. The Balaban J connectivity index is 1.38. The summed E-state index contributed by atoms with van der Waals surface area (Å²) in [6, 6.07) is 29.0. The topological polar surface area (TPSA) is 56.2 Å². The van der Waals surface area contributed by atoms with Crippen molar-refractivity contribution >= 4 is 45.0 Å². The first-order valence-corrected chi connectivity index (χ1v) is 10.6. The van der Waals surface area contributed by atoms with E-state index in [1.54, 1.807) is 24.3 Å². The maximum Gasteiger partial charge on any atom is 0.244 e. The summed E-state index contributed by atoms with van der Waals surface area (Å²) in [6.45, 7) is 0.362. The van der Waals surface area contributed by atoms with Crippen LogP contribution >= 0.6 is 11.6 Å². The van der Waals surface area contributed by atoms with Gasteiger partial charge < -0.3 is 14.6 Å². The minimum Gasteiger partial charge on any atom is -0.486 e. The monoisotopic (exact) mass is 441 g/mol. The summed E-state index contributed by atoms with van der Waals surface area (Å²) in [4.78, 5) is 17.5. The van der Waals surface area contributed by atoms with E-state index in [0.29, 0.717) is 16.5 Å². The lowest BCUT2D eigenvalue weighted by atomic mass is 10.1. The number of hydrogen-bond donors (Lipinski definition) is 1. The van der Waals surface area contributed by atoms with Gasteiger partial charge in [-0.25, -0.2) is 4.98 Å². The van der Waals surface area contributed by atoms with E-state index in [2.05, 4.69) is 17.4 Å². The van der Waals surface area contributed by atoms with Gasteiger partial charge in [0.05, 0.1) is 11.0 Å². The molecule has 5 aromatic rings. The van der Waals surface area contributed by atoms with Crippen LogP contribution in [-0.4, -0.2) is 15.5 Å². The van der Waals surface area contributed by atoms with E-state index < -0.39 is 0 Å². The van der Waals surface area contributed by atoms with Crippen LogP contribution < -0.4 is 10.1 Å². The number of anilines is 1. The van der Waals surface area contributed by atoms with Crippen LogP contribution in [-0.2, 0) is 17.9 Å². The molecule has 0 aliphatic heterocycles. The maximum absolute atomic E-state index is 12.8. The molecule has 32 heavy (non-hydrogen) atoms. The Bertz CT molecular complexity index is 1430. The Morgan fingerprint density at radius 1 is 0.906 bits per heavy atom. The van der Waals surface area contributed by atoms with Gasteiger partial charge in [0, 0.05) is 10.7 Å². The summed E-state index contributed by atoms with van der Waals surface area (Å²) < 4.78 is 7.94. The van der Waals surface area contributed by atoms with Crippen LogP contribution in [0.5, 0.6) is 5.75 Å². The van der Waals surface area contributed by atoms with Crippen LogP contribution in [0.25, 0.3) is 21.8 Å². The number of carbonyl (C=O) groups is 1. The van der Waals surface area contributed by atoms with Crippen molar-refractivity contribution in [1.29, 1.82) is 0 Å². The highest BCUT2D eigenvalue weighted by atomic mass is 35.5. The number of nitrogens with one attached hydrogen (secondary N) is 1. The highest BCUT2D eigenvalue weighted by Gasteiger charge is 2.14. The van der Waals surface area contributed by atoms with Crippen LogP contribution in [0.15, 0.2) is 91.0 Å². The van der Waals surface area contributed by atoms with E-state index in [9.17, 15) is 4.79 Å². The summed E-state index contributed by atoms with van der Waals surface area (Å²) in [6.07, 6.45) is 0. The average Bonchev–Trinajstić information content (AvgIpc) is 3.15. The second kappa shape index (κ2) is 8.73. The molecule has 5 rings (SSSR count). The molecule has 0 radical (unpaired) electrons. The van der Waals surface area contributed by atoms with Crippen LogP contribution in [0, 0.1) is 0 Å². The molecule has 0 atom stereocenters. The van der Waals surface area contributed by atoms with Crippen molar-refractivity contribution in [2.24, 2.45) is 0 Å². The number of amides is 1. The lowest BCUT2D eigenvalue weighted by Crippen LogP contribution is -2.20. The summed E-state index contributed by atoms with van der Waals surface area (Å²) in [5.41, 5.74) is 2.35. The summed E-state index contributed by atoms with van der Waals surface area (Å²) in [5, 5.41) is 5.73. The zero-order chi connectivity index (χ0) is 21.9. The van der Waals surface area contributed by atoms with Gasteiger partial charge in [0.15, 0.2) is 0 Å². The van der Waals surface area contributed by atoms with Gasteiger partial charge in [-0.1, -0.05) is 60.1 Å². The number of nitrogens with zero attached hydrogens (tertiary/aromatic N) is 2. The third-order valence-electron chi connectivity index (χ3n) is 5.23. The molecule has 0 fully saturated rings. The Kier molecular flexibility index (Phi) is 5.48. The van der Waals surface area contributed by atoms with Gasteiger partial charge in [0.2, 0.25) is 5.91 Å². The van der Waals surface area contributed by atoms with E-state index in [4.69, 9.17) is 21.3 Å². The van der Waals surface area contributed by atoms with Gasteiger partial charge in [0.25, 0.3) is 0 Å². The summed E-state index contributed by atoms with van der Waals surface area (Å²) in [7, 11) is 0. The molecule has 158 valence electrons. The van der Waals surface area contributed by atoms with Gasteiger partial charge >= 0.3 is 0 Å². The highest BCUT2D eigenvalue weighted by molar-refractivity contribution is 6.30. The van der Waals surface area contributed by atoms with Crippen molar-refractivity contribution in [3.63, 3.8) is 0 Å². The molecule has 1 heterocycles. The van der Waals surface area contributed by atoms with Crippen molar-refractivity contribution in [2.75, 3.05) is 5.32 Å². The van der Waals surface area contributed by atoms with Crippen LogP contribution in [0.4, 0.5) is 5.69 Å². The molecular formula is C26H20ClN3O2. The summed E-state index contributed by atoms with van der Waals surface area (Å²) >= 11 is 6.03. The molecular weight excluding hydrogens is 422 g/mol. The van der Waals surface area contributed by atoms with Gasteiger partial charge in [-0.15, -0.1) is 0 Å². The fourth-order valence-corrected chi connectivity index (χ4v) is 3.92. The molecule has 0 saturated carbocycles. The van der Waals surface area contributed by atoms with Gasteiger partial charge in [-0.3, -0.25) is 4.79 Å². The number of rotatable bonds is 6. The van der Waals surface area contributed by atoms with E-state index in [1.807, 2.05) is 59.2 Å². The molecule has 0 unspecified atom stereocenters. The van der Waals surface area contributed by atoms with E-state index in [0.717, 1.165) is 27.6 Å². The Morgan fingerprint density at radius 2 is 1.72 bits per heavy atom. The first-order chi connectivity index (χ1) is 15.7. The second-order valence-electron chi connectivity index (χ2n) is 7.46. The van der Waals surface area contributed by atoms with E-state index in [-0.39, 0.29) is 19.1 Å². The van der Waals surface area contributed by atoms with Gasteiger partial charge in [-0.2, -0.15) is 0 Å². The maximum atomic E-state index is 12.8. The second-order valence-corrected chi connectivity index (χ2v) is 7.90. The zero-order valence-corrected chi connectivity index (χ0v) is 17.9. The quantitative estimate of drug-likeness (QED) is 0.348. The standard InChI is InChI=1S/C26H20ClN3O2/c27-20-8-5-9-21(15-20)28-26(31)16-30-24-11-4-3-10-23(24)29-25(30)17-32-22-13-12-18-6-1-2-7-19(18)14-22/h1-15H,16-17H2,(H,28,31). The Morgan fingerprint density at radius 3 is 2.59 bits per heavy atom. The number of fused-ring (bicyclic) bond motifs is 2. The molecule has 4 aromatic carbocycles. The predicted octanol–water partition coefficient (Wildman–Crippen LogP) is 6.06. The average molecular weight is 442 g/mol. The first-order valence-electron chi connectivity index (χ1n) is 10.3. The molecule has 1 N–H and O–H groups in total. The number of hydrogen-bond acceptors (Lipinski definition) is 3. The lowest BCUT2D eigenvalue weighted by molar-refractivity contribution is -0.116. The summed E-state index contributed by atoms with van der Waals surface area (Å²) in [5.74, 6) is 1.27. The number of para-hydroxylation sites is 2. The molecule has 1 amide bonds. The van der Waals surface area contributed by atoms with Gasteiger partial charge in [-0.05, 0) is 53.2 Å². The third kappa shape index (κ3) is 4.29.